The third-order valence-electron chi connectivity index (χ3n) is 1.38. The third kappa shape index (κ3) is 3.09. The lowest BCUT2D eigenvalue weighted by Gasteiger charge is -1.96. The van der Waals surface area contributed by atoms with Gasteiger partial charge in [0.2, 0.25) is 0 Å². The molecule has 0 bridgehead atoms. The standard InChI is InChI=1S/C7H8N2O4S/c10-5(11)3-14-2-4-1-8-7(13)9-6(4)12/h1H,2-3H2,(H,10,11)(H2,8,9,12,13). The molecule has 14 heavy (non-hydrogen) atoms. The van der Waals surface area contributed by atoms with Gasteiger partial charge in [-0.1, -0.05) is 0 Å². The van der Waals surface area contributed by atoms with Crippen molar-refractivity contribution >= 4 is 17.7 Å². The number of carboxylic acid groups (broad SMARTS) is 1. The van der Waals surface area contributed by atoms with Crippen molar-refractivity contribution in [1.29, 1.82) is 0 Å². The van der Waals surface area contributed by atoms with Crippen LogP contribution in [0.4, 0.5) is 0 Å². The highest BCUT2D eigenvalue weighted by Crippen LogP contribution is 2.05. The Labute approximate surface area is 82.4 Å². The van der Waals surface area contributed by atoms with E-state index in [0.29, 0.717) is 5.56 Å². The summed E-state index contributed by atoms with van der Waals surface area (Å²) in [6, 6.07) is 0. The minimum absolute atomic E-state index is 0.0709. The number of carbonyl (C=O) groups is 1. The number of thioether (sulfide) groups is 1. The molecule has 0 saturated carbocycles. The largest absolute Gasteiger partial charge is 0.481 e. The number of hydrogen-bond acceptors (Lipinski definition) is 4. The summed E-state index contributed by atoms with van der Waals surface area (Å²) in [5, 5.41) is 8.34. The van der Waals surface area contributed by atoms with Gasteiger partial charge in [0.1, 0.15) is 0 Å². The highest BCUT2D eigenvalue weighted by Gasteiger charge is 2.02. The van der Waals surface area contributed by atoms with Crippen LogP contribution in [0.1, 0.15) is 5.56 Å². The highest BCUT2D eigenvalue weighted by atomic mass is 32.2. The van der Waals surface area contributed by atoms with E-state index in [-0.39, 0.29) is 11.5 Å². The monoisotopic (exact) mass is 216 g/mol. The molecule has 3 N–H and O–H groups in total. The molecule has 1 aromatic rings. The first-order chi connectivity index (χ1) is 6.59. The van der Waals surface area contributed by atoms with E-state index >= 15 is 0 Å². The van der Waals surface area contributed by atoms with Crippen LogP contribution in [-0.4, -0.2) is 26.8 Å². The van der Waals surface area contributed by atoms with Gasteiger partial charge in [0.15, 0.2) is 0 Å². The lowest BCUT2D eigenvalue weighted by atomic mass is 10.4. The van der Waals surface area contributed by atoms with Gasteiger partial charge in [-0.2, -0.15) is 0 Å². The summed E-state index contributed by atoms with van der Waals surface area (Å²) in [7, 11) is 0. The summed E-state index contributed by atoms with van der Waals surface area (Å²) < 4.78 is 0. The molecule has 0 aliphatic rings. The van der Waals surface area contributed by atoms with E-state index in [1.807, 2.05) is 4.98 Å². The van der Waals surface area contributed by atoms with Crippen molar-refractivity contribution in [2.75, 3.05) is 5.75 Å². The second-order valence-corrected chi connectivity index (χ2v) is 3.47. The molecule has 0 fully saturated rings. The van der Waals surface area contributed by atoms with Crippen LogP contribution in [0.5, 0.6) is 0 Å². The second-order valence-electron chi connectivity index (χ2n) is 2.48. The number of H-pyrrole nitrogens is 2. The van der Waals surface area contributed by atoms with Gasteiger partial charge in [-0.3, -0.25) is 14.6 Å². The predicted octanol–water partition coefficient (Wildman–Crippen LogP) is -0.619. The van der Waals surface area contributed by atoms with Gasteiger partial charge in [0.05, 0.1) is 5.75 Å². The SMILES string of the molecule is O=C(O)CSCc1c[nH]c(=O)[nH]c1=O. The van der Waals surface area contributed by atoms with Crippen LogP contribution >= 0.6 is 11.8 Å². The minimum Gasteiger partial charge on any atom is -0.481 e. The number of carboxylic acids is 1. The third-order valence-corrected chi connectivity index (χ3v) is 2.35. The smallest absolute Gasteiger partial charge is 0.325 e. The molecule has 0 atom stereocenters. The van der Waals surface area contributed by atoms with Gasteiger partial charge < -0.3 is 10.1 Å². The summed E-state index contributed by atoms with van der Waals surface area (Å²) in [4.78, 5) is 36.2. The molecule has 0 unspecified atom stereocenters. The number of aromatic nitrogens is 2. The Kier molecular flexibility index (Phi) is 3.52. The van der Waals surface area contributed by atoms with Crippen LogP contribution < -0.4 is 11.2 Å². The Morgan fingerprint density at radius 2 is 2.21 bits per heavy atom. The van der Waals surface area contributed by atoms with E-state index in [4.69, 9.17) is 5.11 Å². The summed E-state index contributed by atoms with van der Waals surface area (Å²) >= 11 is 1.09. The fourth-order valence-corrected chi connectivity index (χ4v) is 1.50. The first-order valence-corrected chi connectivity index (χ1v) is 4.85. The molecular formula is C7H8N2O4S. The van der Waals surface area contributed by atoms with Crippen LogP contribution in [0.3, 0.4) is 0 Å². The van der Waals surface area contributed by atoms with Crippen molar-refractivity contribution in [2.24, 2.45) is 0 Å². The number of hydrogen-bond donors (Lipinski definition) is 3. The number of aromatic amines is 2. The molecule has 0 aliphatic carbocycles. The van der Waals surface area contributed by atoms with E-state index in [1.165, 1.54) is 6.20 Å². The van der Waals surface area contributed by atoms with Crippen LogP contribution in [0, 0.1) is 0 Å². The number of aliphatic carboxylic acids is 1. The molecule has 76 valence electrons. The van der Waals surface area contributed by atoms with E-state index in [1.54, 1.807) is 0 Å². The van der Waals surface area contributed by atoms with Crippen molar-refractivity contribution in [3.63, 3.8) is 0 Å². The molecule has 0 aliphatic heterocycles. The molecule has 1 heterocycles. The van der Waals surface area contributed by atoms with Gasteiger partial charge in [0, 0.05) is 17.5 Å². The fourth-order valence-electron chi connectivity index (χ4n) is 0.793. The van der Waals surface area contributed by atoms with Crippen LogP contribution in [-0.2, 0) is 10.5 Å². The summed E-state index contributed by atoms with van der Waals surface area (Å²) in [6.07, 6.45) is 1.29. The molecule has 0 saturated heterocycles. The fraction of sp³-hybridized carbons (Fsp3) is 0.286. The molecule has 1 aromatic heterocycles. The maximum atomic E-state index is 11.1. The normalized spacial score (nSPS) is 10.0. The Hall–Kier alpha value is -1.50. The Morgan fingerprint density at radius 3 is 2.79 bits per heavy atom. The van der Waals surface area contributed by atoms with Gasteiger partial charge in [0.25, 0.3) is 5.56 Å². The molecule has 0 amide bonds. The van der Waals surface area contributed by atoms with Gasteiger partial charge in [-0.05, 0) is 0 Å². The average Bonchev–Trinajstić information content (AvgIpc) is 2.08. The van der Waals surface area contributed by atoms with Crippen molar-refractivity contribution < 1.29 is 9.90 Å². The average molecular weight is 216 g/mol. The number of rotatable bonds is 4. The zero-order valence-corrected chi connectivity index (χ0v) is 7.89. The van der Waals surface area contributed by atoms with Gasteiger partial charge in [-0.15, -0.1) is 11.8 Å². The van der Waals surface area contributed by atoms with Crippen LogP contribution in [0.15, 0.2) is 15.8 Å². The highest BCUT2D eigenvalue weighted by molar-refractivity contribution is 7.99. The lowest BCUT2D eigenvalue weighted by Crippen LogP contribution is -2.24. The van der Waals surface area contributed by atoms with Crippen molar-refractivity contribution in [1.82, 2.24) is 9.97 Å². The van der Waals surface area contributed by atoms with Gasteiger partial charge in [-0.25, -0.2) is 4.79 Å². The van der Waals surface area contributed by atoms with Crippen molar-refractivity contribution in [3.8, 4) is 0 Å². The molecule has 6 nitrogen and oxygen atoms in total. The Morgan fingerprint density at radius 1 is 1.50 bits per heavy atom. The second kappa shape index (κ2) is 4.66. The quantitative estimate of drug-likeness (QED) is 0.622. The summed E-state index contributed by atoms with van der Waals surface area (Å²) in [6.45, 7) is 0. The topological polar surface area (TPSA) is 103 Å². The summed E-state index contributed by atoms with van der Waals surface area (Å²) in [5.41, 5.74) is -0.690. The van der Waals surface area contributed by atoms with Crippen molar-refractivity contribution in [3.05, 3.63) is 32.6 Å². The van der Waals surface area contributed by atoms with Crippen LogP contribution in [0.2, 0.25) is 0 Å². The molecule has 0 radical (unpaired) electrons. The zero-order valence-electron chi connectivity index (χ0n) is 7.07. The summed E-state index contributed by atoms with van der Waals surface area (Å²) in [5.74, 6) is -0.743. The first kappa shape index (κ1) is 10.6. The minimum atomic E-state index is -0.934. The van der Waals surface area contributed by atoms with E-state index in [2.05, 4.69) is 4.98 Å². The molecule has 7 heteroatoms. The maximum absolute atomic E-state index is 11.1. The first-order valence-electron chi connectivity index (χ1n) is 3.70. The van der Waals surface area contributed by atoms with Gasteiger partial charge >= 0.3 is 11.7 Å². The maximum Gasteiger partial charge on any atom is 0.325 e. The van der Waals surface area contributed by atoms with E-state index in [9.17, 15) is 14.4 Å². The molecule has 0 spiro atoms. The number of nitrogens with one attached hydrogen (secondary N) is 2. The Bertz CT molecular complexity index is 436. The Balaban J connectivity index is 2.64. The zero-order chi connectivity index (χ0) is 10.6. The van der Waals surface area contributed by atoms with Crippen LogP contribution in [0.25, 0.3) is 0 Å². The van der Waals surface area contributed by atoms with Crippen molar-refractivity contribution in [2.45, 2.75) is 5.75 Å². The van der Waals surface area contributed by atoms with E-state index < -0.39 is 17.2 Å². The molecule has 1 rings (SSSR count). The lowest BCUT2D eigenvalue weighted by molar-refractivity contribution is -0.133. The molecular weight excluding hydrogens is 208 g/mol. The predicted molar refractivity (Wildman–Crippen MR) is 51.5 cm³/mol. The molecule has 0 aromatic carbocycles. The van der Waals surface area contributed by atoms with E-state index in [0.717, 1.165) is 11.8 Å².